The lowest BCUT2D eigenvalue weighted by Gasteiger charge is -2.43. The summed E-state index contributed by atoms with van der Waals surface area (Å²) in [6, 6.07) is 13.8. The average molecular weight is 702 g/mol. The van der Waals surface area contributed by atoms with Crippen LogP contribution in [0.15, 0.2) is 182 Å². The van der Waals surface area contributed by atoms with Gasteiger partial charge in [0, 0.05) is 56.3 Å². The second-order valence-corrected chi connectivity index (χ2v) is 17.5. The van der Waals surface area contributed by atoms with Crippen molar-refractivity contribution in [3.8, 4) is 0 Å². The van der Waals surface area contributed by atoms with Crippen molar-refractivity contribution in [3.05, 3.63) is 189 Å². The lowest BCUT2D eigenvalue weighted by Crippen LogP contribution is -2.38. The van der Waals surface area contributed by atoms with Crippen molar-refractivity contribution in [2.24, 2.45) is 17.3 Å². The SMILES string of the molecule is CC1(C)C2=CC(N(C3=CCC4C(=C3)C3(C5=C4C=CCC5)c4ccc5c(oc6ccccc65)c4C4C=CC=CC43)C3=CC=CCC3)CC=C2C2=C1CCC=C2. The molecular weight excluding hydrogens is 655 g/mol. The molecule has 0 fully saturated rings. The highest BCUT2D eigenvalue weighted by atomic mass is 16.3. The number of nitrogens with zero attached hydrogens (tertiary/aromatic N) is 1. The van der Waals surface area contributed by atoms with E-state index in [0.29, 0.717) is 11.8 Å². The van der Waals surface area contributed by atoms with Crippen LogP contribution in [0.4, 0.5) is 0 Å². The fourth-order valence-corrected chi connectivity index (χ4v) is 12.6. The fourth-order valence-electron chi connectivity index (χ4n) is 12.6. The Balaban J connectivity index is 1.05. The molecule has 12 rings (SSSR count). The monoisotopic (exact) mass is 701 g/mol. The first-order chi connectivity index (χ1) is 26.5. The van der Waals surface area contributed by atoms with E-state index in [-0.39, 0.29) is 22.8 Å². The largest absolute Gasteiger partial charge is 0.456 e. The molecule has 9 aliphatic rings. The summed E-state index contributed by atoms with van der Waals surface area (Å²) in [6.45, 7) is 4.95. The lowest BCUT2D eigenvalue weighted by molar-refractivity contribution is 0.345. The molecule has 2 heteroatoms. The van der Waals surface area contributed by atoms with Gasteiger partial charge in [-0.25, -0.2) is 0 Å². The number of hydrogen-bond donors (Lipinski definition) is 0. The number of fused-ring (bicyclic) bond motifs is 15. The summed E-state index contributed by atoms with van der Waals surface area (Å²) in [5.74, 6) is 0.988. The number of benzene rings is 2. The summed E-state index contributed by atoms with van der Waals surface area (Å²) >= 11 is 0. The van der Waals surface area contributed by atoms with Crippen molar-refractivity contribution in [1.29, 1.82) is 0 Å². The van der Waals surface area contributed by atoms with Gasteiger partial charge in [0.2, 0.25) is 0 Å². The molecule has 1 spiro atoms. The fraction of sp³-hybridized carbons (Fsp3) is 0.308. The van der Waals surface area contributed by atoms with E-state index in [9.17, 15) is 0 Å². The number of allylic oxidation sites excluding steroid dienone is 21. The van der Waals surface area contributed by atoms with Crippen molar-refractivity contribution >= 4 is 21.9 Å². The van der Waals surface area contributed by atoms with Gasteiger partial charge in [-0.15, -0.1) is 0 Å². The van der Waals surface area contributed by atoms with Gasteiger partial charge in [-0.05, 0) is 103 Å². The van der Waals surface area contributed by atoms with E-state index in [4.69, 9.17) is 4.42 Å². The lowest BCUT2D eigenvalue weighted by atomic mass is 9.62. The Bertz CT molecular complexity index is 2610. The third-order valence-electron chi connectivity index (χ3n) is 14.7. The van der Waals surface area contributed by atoms with E-state index in [1.807, 2.05) is 0 Å². The predicted octanol–water partition coefficient (Wildman–Crippen LogP) is 13.0. The molecule has 3 aromatic rings. The van der Waals surface area contributed by atoms with Crippen LogP contribution >= 0.6 is 0 Å². The van der Waals surface area contributed by atoms with Crippen LogP contribution in [-0.2, 0) is 5.41 Å². The highest BCUT2D eigenvalue weighted by Gasteiger charge is 2.61. The Hall–Kier alpha value is -5.08. The Kier molecular flexibility index (Phi) is 6.51. The first kappa shape index (κ1) is 31.3. The Morgan fingerprint density at radius 1 is 0.796 bits per heavy atom. The maximum absolute atomic E-state index is 6.86. The van der Waals surface area contributed by atoms with Crippen molar-refractivity contribution < 1.29 is 4.42 Å². The van der Waals surface area contributed by atoms with Crippen molar-refractivity contribution in [3.63, 3.8) is 0 Å². The molecule has 0 aliphatic heterocycles. The number of furan rings is 1. The normalized spacial score (nSPS) is 30.8. The Morgan fingerprint density at radius 3 is 2.56 bits per heavy atom. The Labute approximate surface area is 319 Å². The van der Waals surface area contributed by atoms with Crippen molar-refractivity contribution in [2.45, 2.75) is 82.6 Å². The van der Waals surface area contributed by atoms with Crippen LogP contribution in [-0.4, -0.2) is 10.9 Å². The third kappa shape index (κ3) is 3.97. The first-order valence-corrected chi connectivity index (χ1v) is 20.7. The van der Waals surface area contributed by atoms with Crippen LogP contribution in [0.5, 0.6) is 0 Å². The molecule has 0 bridgehead atoms. The second kappa shape index (κ2) is 11.2. The summed E-state index contributed by atoms with van der Waals surface area (Å²) < 4.78 is 6.86. The second-order valence-electron chi connectivity index (χ2n) is 17.5. The van der Waals surface area contributed by atoms with Crippen LogP contribution in [0.3, 0.4) is 0 Å². The van der Waals surface area contributed by atoms with Crippen LogP contribution in [0, 0.1) is 17.3 Å². The quantitative estimate of drug-likeness (QED) is 0.270. The van der Waals surface area contributed by atoms with Gasteiger partial charge in [0.1, 0.15) is 11.2 Å². The number of para-hydroxylation sites is 1. The van der Waals surface area contributed by atoms with Gasteiger partial charge in [-0.2, -0.15) is 0 Å². The molecular formula is C52H47NO. The van der Waals surface area contributed by atoms with Crippen molar-refractivity contribution in [1.82, 2.24) is 4.90 Å². The summed E-state index contributed by atoms with van der Waals surface area (Å²) in [6.07, 6.45) is 45.8. The molecule has 0 saturated carbocycles. The number of hydrogen-bond acceptors (Lipinski definition) is 2. The smallest absolute Gasteiger partial charge is 0.139 e. The van der Waals surface area contributed by atoms with Crippen LogP contribution in [0.1, 0.15) is 82.3 Å². The maximum atomic E-state index is 6.86. The molecule has 0 amide bonds. The van der Waals surface area contributed by atoms with E-state index < -0.39 is 0 Å². The Morgan fingerprint density at radius 2 is 1.65 bits per heavy atom. The molecule has 0 N–H and O–H groups in total. The molecule has 5 atom stereocenters. The highest BCUT2D eigenvalue weighted by molar-refractivity contribution is 6.07. The van der Waals surface area contributed by atoms with Gasteiger partial charge < -0.3 is 9.32 Å². The maximum Gasteiger partial charge on any atom is 0.139 e. The summed E-state index contributed by atoms with van der Waals surface area (Å²) in [5, 5.41) is 2.47. The van der Waals surface area contributed by atoms with Crippen LogP contribution in [0.25, 0.3) is 21.9 Å². The van der Waals surface area contributed by atoms with Gasteiger partial charge in [-0.1, -0.05) is 134 Å². The summed E-state index contributed by atoms with van der Waals surface area (Å²) in [4.78, 5) is 2.77. The van der Waals surface area contributed by atoms with Crippen LogP contribution < -0.4 is 0 Å². The minimum Gasteiger partial charge on any atom is -0.456 e. The molecule has 266 valence electrons. The standard InChI is InChI=1S/C52H47NO/c1-51(2)42-20-10-6-16-35(42)37-26-24-33(30-46(37)51)53(32-14-4-3-5-15-32)34-25-27-38-36-17-7-11-21-43(36)52(47(38)31-34)44-22-12-8-19-41(44)49-45(52)29-28-40-39-18-9-13-23-48(39)54-50(40)49/h3-4,6-9,12-14,16-19,22-23,25-26,28-31,33,38,41,44H,5,10-11,15,20-21,24,27H2,1-2H3. The van der Waals surface area contributed by atoms with Gasteiger partial charge in [0.15, 0.2) is 0 Å². The molecule has 9 aliphatic carbocycles. The first-order valence-electron chi connectivity index (χ1n) is 20.7. The molecule has 2 aromatic carbocycles. The topological polar surface area (TPSA) is 16.4 Å². The zero-order valence-corrected chi connectivity index (χ0v) is 31.4. The molecule has 54 heavy (non-hydrogen) atoms. The number of rotatable bonds is 3. The molecule has 2 nitrogen and oxygen atoms in total. The average Bonchev–Trinajstić information content (AvgIpc) is 3.91. The molecule has 5 unspecified atom stereocenters. The van der Waals surface area contributed by atoms with E-state index >= 15 is 0 Å². The van der Waals surface area contributed by atoms with E-state index in [2.05, 4.69) is 146 Å². The van der Waals surface area contributed by atoms with Gasteiger partial charge in [0.05, 0.1) is 6.04 Å². The molecule has 1 aromatic heterocycles. The van der Waals surface area contributed by atoms with E-state index in [0.717, 1.165) is 56.1 Å². The third-order valence-corrected chi connectivity index (χ3v) is 14.7. The minimum absolute atomic E-state index is 0.0673. The predicted molar refractivity (Wildman–Crippen MR) is 222 cm³/mol. The van der Waals surface area contributed by atoms with E-state index in [1.54, 1.807) is 22.3 Å². The zero-order valence-electron chi connectivity index (χ0n) is 31.4. The van der Waals surface area contributed by atoms with E-state index in [1.165, 1.54) is 56.4 Å². The highest BCUT2D eigenvalue weighted by Crippen LogP contribution is 2.69. The molecule has 0 radical (unpaired) electrons. The molecule has 1 heterocycles. The van der Waals surface area contributed by atoms with Gasteiger partial charge in [0.25, 0.3) is 0 Å². The summed E-state index contributed by atoms with van der Waals surface area (Å²) in [7, 11) is 0. The van der Waals surface area contributed by atoms with Gasteiger partial charge in [-0.3, -0.25) is 0 Å². The van der Waals surface area contributed by atoms with Crippen LogP contribution in [0.2, 0.25) is 0 Å². The molecule has 0 saturated heterocycles. The van der Waals surface area contributed by atoms with Crippen molar-refractivity contribution in [2.75, 3.05) is 0 Å². The summed E-state index contributed by atoms with van der Waals surface area (Å²) in [5.41, 5.74) is 18.7. The minimum atomic E-state index is -0.188. The zero-order chi connectivity index (χ0) is 35.8. The van der Waals surface area contributed by atoms with Gasteiger partial charge >= 0.3 is 0 Å².